The Labute approximate surface area is 134 Å². The molecule has 0 atom stereocenters. The number of anilines is 1. The molecular weight excluding hydrogens is 310 g/mol. The van der Waals surface area contributed by atoms with Gasteiger partial charge in [-0.3, -0.25) is 15.5 Å². The normalized spacial score (nSPS) is 11.0. The highest BCUT2D eigenvalue weighted by atomic mass is 32.1. The van der Waals surface area contributed by atoms with E-state index in [1.165, 1.54) is 11.3 Å². The minimum absolute atomic E-state index is 0.165. The van der Waals surface area contributed by atoms with Crippen molar-refractivity contribution < 1.29 is 9.21 Å². The first-order valence-electron chi connectivity index (χ1n) is 6.95. The minimum atomic E-state index is -0.399. The van der Waals surface area contributed by atoms with Crippen LogP contribution < -0.4 is 10.9 Å². The van der Waals surface area contributed by atoms with Crippen LogP contribution in [0.5, 0.6) is 0 Å². The molecular formula is C17H11N3O2S. The third-order valence-electron chi connectivity index (χ3n) is 3.43. The standard InChI is InChI=1S/C17H11N3O2S/c18-15-11(9-10-5-1-3-7-13(10)22-15)16(21)20-17-19-12-6-2-4-8-14(12)23-17/h1-9,18H,(H,19,20,21). The highest BCUT2D eigenvalue weighted by Crippen LogP contribution is 2.25. The molecule has 0 fully saturated rings. The molecule has 2 aromatic heterocycles. The molecule has 0 spiro atoms. The number of para-hydroxylation sites is 2. The smallest absolute Gasteiger partial charge is 0.262 e. The zero-order valence-electron chi connectivity index (χ0n) is 11.9. The van der Waals surface area contributed by atoms with Gasteiger partial charge in [0, 0.05) is 5.39 Å². The van der Waals surface area contributed by atoms with Crippen LogP contribution >= 0.6 is 11.3 Å². The molecule has 2 aromatic carbocycles. The molecule has 23 heavy (non-hydrogen) atoms. The van der Waals surface area contributed by atoms with Gasteiger partial charge in [0.25, 0.3) is 5.91 Å². The van der Waals surface area contributed by atoms with Crippen molar-refractivity contribution in [2.24, 2.45) is 0 Å². The zero-order chi connectivity index (χ0) is 15.8. The molecule has 5 nitrogen and oxygen atoms in total. The van der Waals surface area contributed by atoms with Gasteiger partial charge in [-0.15, -0.1) is 0 Å². The minimum Gasteiger partial charge on any atom is -0.438 e. The van der Waals surface area contributed by atoms with Gasteiger partial charge in [0.05, 0.1) is 10.2 Å². The summed E-state index contributed by atoms with van der Waals surface area (Å²) in [5.41, 5.74) is 1.43. The van der Waals surface area contributed by atoms with Crippen LogP contribution in [0.3, 0.4) is 0 Å². The number of nitrogens with one attached hydrogen (secondary N) is 2. The Morgan fingerprint density at radius 1 is 1.13 bits per heavy atom. The van der Waals surface area contributed by atoms with E-state index in [0.29, 0.717) is 10.7 Å². The summed E-state index contributed by atoms with van der Waals surface area (Å²) in [5.74, 6) is -0.399. The zero-order valence-corrected chi connectivity index (χ0v) is 12.7. The summed E-state index contributed by atoms with van der Waals surface area (Å²) in [4.78, 5) is 16.8. The molecule has 0 aliphatic carbocycles. The van der Waals surface area contributed by atoms with Gasteiger partial charge in [-0.25, -0.2) is 4.98 Å². The van der Waals surface area contributed by atoms with E-state index in [2.05, 4.69) is 10.3 Å². The van der Waals surface area contributed by atoms with E-state index in [-0.39, 0.29) is 11.1 Å². The van der Waals surface area contributed by atoms with E-state index in [1.807, 2.05) is 42.5 Å². The van der Waals surface area contributed by atoms with Gasteiger partial charge < -0.3 is 4.42 Å². The largest absolute Gasteiger partial charge is 0.438 e. The Balaban J connectivity index is 1.71. The van der Waals surface area contributed by atoms with E-state index in [1.54, 1.807) is 12.1 Å². The van der Waals surface area contributed by atoms with Crippen molar-refractivity contribution >= 4 is 43.6 Å². The predicted octanol–water partition coefficient (Wildman–Crippen LogP) is 3.77. The first kappa shape index (κ1) is 13.7. The molecule has 0 saturated heterocycles. The molecule has 0 aliphatic rings. The van der Waals surface area contributed by atoms with Gasteiger partial charge in [-0.1, -0.05) is 41.7 Å². The van der Waals surface area contributed by atoms with Gasteiger partial charge >= 0.3 is 0 Å². The van der Waals surface area contributed by atoms with Crippen molar-refractivity contribution in [1.29, 1.82) is 5.41 Å². The highest BCUT2D eigenvalue weighted by molar-refractivity contribution is 7.22. The van der Waals surface area contributed by atoms with E-state index < -0.39 is 5.91 Å². The van der Waals surface area contributed by atoms with Crippen LogP contribution in [0.4, 0.5) is 5.13 Å². The molecule has 0 radical (unpaired) electrons. The van der Waals surface area contributed by atoms with E-state index in [4.69, 9.17) is 9.83 Å². The van der Waals surface area contributed by atoms with Gasteiger partial charge in [0.1, 0.15) is 11.1 Å². The summed E-state index contributed by atoms with van der Waals surface area (Å²) >= 11 is 1.39. The van der Waals surface area contributed by atoms with Crippen molar-refractivity contribution in [3.8, 4) is 0 Å². The van der Waals surface area contributed by atoms with Crippen LogP contribution in [-0.4, -0.2) is 10.9 Å². The third kappa shape index (κ3) is 2.49. The topological polar surface area (TPSA) is 79.0 Å². The van der Waals surface area contributed by atoms with Crippen LogP contribution in [0.1, 0.15) is 10.4 Å². The number of nitrogens with zero attached hydrogens (tertiary/aromatic N) is 1. The average molecular weight is 321 g/mol. The van der Waals surface area contributed by atoms with Gasteiger partial charge in [-0.2, -0.15) is 0 Å². The summed E-state index contributed by atoms with van der Waals surface area (Å²) in [6.45, 7) is 0. The highest BCUT2D eigenvalue weighted by Gasteiger charge is 2.14. The molecule has 2 N–H and O–H groups in total. The summed E-state index contributed by atoms with van der Waals surface area (Å²) in [7, 11) is 0. The van der Waals surface area contributed by atoms with Gasteiger partial charge in [0.2, 0.25) is 5.55 Å². The number of rotatable bonds is 2. The summed E-state index contributed by atoms with van der Waals surface area (Å²) < 4.78 is 6.40. The first-order valence-corrected chi connectivity index (χ1v) is 7.77. The van der Waals surface area contributed by atoms with E-state index in [0.717, 1.165) is 15.6 Å². The van der Waals surface area contributed by atoms with Crippen molar-refractivity contribution in [1.82, 2.24) is 4.98 Å². The predicted molar refractivity (Wildman–Crippen MR) is 89.6 cm³/mol. The Kier molecular flexibility index (Phi) is 3.17. The van der Waals surface area contributed by atoms with Crippen LogP contribution in [-0.2, 0) is 0 Å². The SMILES string of the molecule is N=c1oc2ccccc2cc1C(=O)Nc1nc2ccccc2s1. The van der Waals surface area contributed by atoms with Crippen LogP contribution in [0, 0.1) is 5.41 Å². The molecule has 0 aliphatic heterocycles. The summed E-state index contributed by atoms with van der Waals surface area (Å²) in [6, 6.07) is 16.6. The fraction of sp³-hybridized carbons (Fsp3) is 0. The number of carbonyl (C=O) groups is 1. The number of carbonyl (C=O) groups excluding carboxylic acids is 1. The Morgan fingerprint density at radius 2 is 1.91 bits per heavy atom. The van der Waals surface area contributed by atoms with Gasteiger partial charge in [0.15, 0.2) is 5.13 Å². The molecule has 4 rings (SSSR count). The van der Waals surface area contributed by atoms with Crippen molar-refractivity contribution in [3.05, 3.63) is 65.7 Å². The number of hydrogen-bond acceptors (Lipinski definition) is 5. The Hall–Kier alpha value is -2.99. The lowest BCUT2D eigenvalue weighted by Gasteiger charge is -2.03. The van der Waals surface area contributed by atoms with Gasteiger partial charge in [-0.05, 0) is 24.3 Å². The van der Waals surface area contributed by atoms with Crippen LogP contribution in [0.15, 0.2) is 59.0 Å². The monoisotopic (exact) mass is 321 g/mol. The van der Waals surface area contributed by atoms with E-state index in [9.17, 15) is 4.79 Å². The molecule has 0 unspecified atom stereocenters. The Bertz CT molecular complexity index is 1060. The van der Waals surface area contributed by atoms with Crippen molar-refractivity contribution in [2.75, 3.05) is 5.32 Å². The maximum atomic E-state index is 12.4. The van der Waals surface area contributed by atoms with E-state index >= 15 is 0 Å². The lowest BCUT2D eigenvalue weighted by molar-refractivity contribution is 0.102. The lowest BCUT2D eigenvalue weighted by atomic mass is 10.2. The number of thiazole rings is 1. The lowest BCUT2D eigenvalue weighted by Crippen LogP contribution is -2.20. The first-order chi connectivity index (χ1) is 11.2. The number of fused-ring (bicyclic) bond motifs is 2. The molecule has 6 heteroatoms. The fourth-order valence-electron chi connectivity index (χ4n) is 2.34. The van der Waals surface area contributed by atoms with Crippen LogP contribution in [0.25, 0.3) is 21.2 Å². The fourth-order valence-corrected chi connectivity index (χ4v) is 3.20. The average Bonchev–Trinajstić information content (AvgIpc) is 2.96. The second-order valence-electron chi connectivity index (χ2n) is 4.97. The van der Waals surface area contributed by atoms with Crippen molar-refractivity contribution in [2.45, 2.75) is 0 Å². The third-order valence-corrected chi connectivity index (χ3v) is 4.39. The maximum absolute atomic E-state index is 12.4. The molecule has 1 amide bonds. The second kappa shape index (κ2) is 5.33. The quantitative estimate of drug-likeness (QED) is 0.590. The van der Waals surface area contributed by atoms with Crippen molar-refractivity contribution in [3.63, 3.8) is 0 Å². The maximum Gasteiger partial charge on any atom is 0.262 e. The summed E-state index contributed by atoms with van der Waals surface area (Å²) in [5, 5.41) is 11.9. The number of hydrogen-bond donors (Lipinski definition) is 2. The molecule has 4 aromatic rings. The number of amides is 1. The molecule has 2 heterocycles. The number of aromatic nitrogens is 1. The van der Waals surface area contributed by atoms with Crippen LogP contribution in [0.2, 0.25) is 0 Å². The number of benzene rings is 2. The molecule has 0 saturated carbocycles. The molecule has 112 valence electrons. The second-order valence-corrected chi connectivity index (χ2v) is 6.00. The Morgan fingerprint density at radius 3 is 2.78 bits per heavy atom. The summed E-state index contributed by atoms with van der Waals surface area (Å²) in [6.07, 6.45) is 0. The molecule has 0 bridgehead atoms.